The molecule has 0 heterocycles. The molecule has 0 radical (unpaired) electrons. The van der Waals surface area contributed by atoms with E-state index in [2.05, 4.69) is 21.2 Å². The van der Waals surface area contributed by atoms with Crippen LogP contribution in [0, 0.1) is 21.4 Å². The standard InChI is InChI=1S/C14H19BrN2O4/c1-14(2,3)7-9(13(18)19)8-16-12-5-4-10(17(20)21)6-11(12)15/h4-6,9,16H,7-8H2,1-3H3,(H,18,19). The smallest absolute Gasteiger partial charge is 0.308 e. The predicted octanol–water partition coefficient (Wildman–Crippen LogP) is 3.91. The van der Waals surface area contributed by atoms with E-state index in [1.807, 2.05) is 20.8 Å². The van der Waals surface area contributed by atoms with Gasteiger partial charge in [-0.2, -0.15) is 0 Å². The number of non-ortho nitro benzene ring substituents is 1. The number of hydrogen-bond acceptors (Lipinski definition) is 4. The first-order chi connectivity index (χ1) is 9.60. The Morgan fingerprint density at radius 3 is 2.52 bits per heavy atom. The summed E-state index contributed by atoms with van der Waals surface area (Å²) in [5, 5.41) is 23.0. The maximum absolute atomic E-state index is 11.3. The van der Waals surface area contributed by atoms with Crippen LogP contribution in [0.25, 0.3) is 0 Å². The normalized spacial score (nSPS) is 12.8. The zero-order valence-corrected chi connectivity index (χ0v) is 13.8. The van der Waals surface area contributed by atoms with Crippen molar-refractivity contribution in [2.45, 2.75) is 27.2 Å². The summed E-state index contributed by atoms with van der Waals surface area (Å²) >= 11 is 3.25. The highest BCUT2D eigenvalue weighted by molar-refractivity contribution is 9.10. The third-order valence-corrected chi connectivity index (χ3v) is 3.57. The third kappa shape index (κ3) is 5.71. The van der Waals surface area contributed by atoms with E-state index in [1.54, 1.807) is 6.07 Å². The molecule has 21 heavy (non-hydrogen) atoms. The Kier molecular flexibility index (Phi) is 5.71. The van der Waals surface area contributed by atoms with Gasteiger partial charge in [-0.1, -0.05) is 20.8 Å². The van der Waals surface area contributed by atoms with Crippen LogP contribution < -0.4 is 5.32 Å². The fourth-order valence-electron chi connectivity index (χ4n) is 1.98. The summed E-state index contributed by atoms with van der Waals surface area (Å²) in [6.45, 7) is 6.24. The molecule has 0 aliphatic rings. The Morgan fingerprint density at radius 2 is 2.10 bits per heavy atom. The Labute approximate surface area is 131 Å². The number of rotatable bonds is 6. The molecule has 1 unspecified atom stereocenters. The molecule has 0 spiro atoms. The van der Waals surface area contributed by atoms with Crippen molar-refractivity contribution in [2.75, 3.05) is 11.9 Å². The first-order valence-electron chi connectivity index (χ1n) is 6.51. The lowest BCUT2D eigenvalue weighted by atomic mass is 9.84. The van der Waals surface area contributed by atoms with Gasteiger partial charge in [0.15, 0.2) is 0 Å². The molecular weight excluding hydrogens is 340 g/mol. The van der Waals surface area contributed by atoms with E-state index in [9.17, 15) is 20.0 Å². The third-order valence-electron chi connectivity index (χ3n) is 2.91. The van der Waals surface area contributed by atoms with Gasteiger partial charge in [0.05, 0.1) is 10.8 Å². The largest absolute Gasteiger partial charge is 0.481 e. The number of anilines is 1. The van der Waals surface area contributed by atoms with E-state index in [1.165, 1.54) is 12.1 Å². The number of nitro groups is 1. The summed E-state index contributed by atoms with van der Waals surface area (Å²) < 4.78 is 0.539. The highest BCUT2D eigenvalue weighted by atomic mass is 79.9. The van der Waals surface area contributed by atoms with Gasteiger partial charge in [-0.3, -0.25) is 14.9 Å². The molecule has 0 aliphatic carbocycles. The molecule has 1 rings (SSSR count). The molecule has 0 aromatic heterocycles. The van der Waals surface area contributed by atoms with Gasteiger partial charge in [0.2, 0.25) is 0 Å². The molecule has 0 saturated heterocycles. The summed E-state index contributed by atoms with van der Waals surface area (Å²) in [6.07, 6.45) is 0.542. The minimum atomic E-state index is -0.851. The Hall–Kier alpha value is -1.63. The van der Waals surface area contributed by atoms with Crippen LogP contribution in [0.3, 0.4) is 0 Å². The van der Waals surface area contributed by atoms with Crippen molar-refractivity contribution in [1.29, 1.82) is 0 Å². The molecule has 116 valence electrons. The van der Waals surface area contributed by atoms with Crippen LogP contribution in [-0.2, 0) is 4.79 Å². The SMILES string of the molecule is CC(C)(C)CC(CNc1ccc([N+](=O)[O-])cc1Br)C(=O)O. The molecule has 0 amide bonds. The maximum Gasteiger partial charge on any atom is 0.308 e. The number of nitro benzene ring substituents is 1. The summed E-state index contributed by atoms with van der Waals surface area (Å²) in [5.41, 5.74) is 0.537. The fraction of sp³-hybridized carbons (Fsp3) is 0.500. The number of hydrogen-bond donors (Lipinski definition) is 2. The number of nitrogens with zero attached hydrogens (tertiary/aromatic N) is 1. The van der Waals surface area contributed by atoms with Gasteiger partial charge in [-0.05, 0) is 33.8 Å². The number of carboxylic acid groups (broad SMARTS) is 1. The molecule has 0 saturated carbocycles. The molecular formula is C14H19BrN2O4. The number of aliphatic carboxylic acids is 1. The number of halogens is 1. The van der Waals surface area contributed by atoms with Crippen LogP contribution in [-0.4, -0.2) is 22.5 Å². The summed E-state index contributed by atoms with van der Waals surface area (Å²) in [5.74, 6) is -1.37. The van der Waals surface area contributed by atoms with E-state index in [0.29, 0.717) is 16.6 Å². The topological polar surface area (TPSA) is 92.5 Å². The van der Waals surface area contributed by atoms with Gasteiger partial charge in [0.1, 0.15) is 0 Å². The van der Waals surface area contributed by atoms with Crippen LogP contribution >= 0.6 is 15.9 Å². The van der Waals surface area contributed by atoms with Crippen LogP contribution in [0.15, 0.2) is 22.7 Å². The van der Waals surface area contributed by atoms with E-state index >= 15 is 0 Å². The zero-order valence-electron chi connectivity index (χ0n) is 12.2. The van der Waals surface area contributed by atoms with E-state index in [4.69, 9.17) is 0 Å². The Morgan fingerprint density at radius 1 is 1.48 bits per heavy atom. The van der Waals surface area contributed by atoms with Gasteiger partial charge >= 0.3 is 5.97 Å². The van der Waals surface area contributed by atoms with Gasteiger partial charge in [0, 0.05) is 28.8 Å². The number of carbonyl (C=O) groups is 1. The van der Waals surface area contributed by atoms with Gasteiger partial charge in [-0.15, -0.1) is 0 Å². The highest BCUT2D eigenvalue weighted by Crippen LogP contribution is 2.29. The highest BCUT2D eigenvalue weighted by Gasteiger charge is 2.24. The van der Waals surface area contributed by atoms with Crippen molar-refractivity contribution >= 4 is 33.3 Å². The Bertz CT molecular complexity index is 540. The molecule has 1 aromatic carbocycles. The lowest BCUT2D eigenvalue weighted by Crippen LogP contribution is -2.27. The molecule has 1 atom stereocenters. The maximum atomic E-state index is 11.3. The van der Waals surface area contributed by atoms with E-state index in [0.717, 1.165) is 0 Å². The quantitative estimate of drug-likeness (QED) is 0.594. The van der Waals surface area contributed by atoms with Gasteiger partial charge < -0.3 is 10.4 Å². The molecule has 6 nitrogen and oxygen atoms in total. The molecule has 1 aromatic rings. The summed E-state index contributed by atoms with van der Waals surface area (Å²) in [4.78, 5) is 21.5. The first-order valence-corrected chi connectivity index (χ1v) is 7.30. The first kappa shape index (κ1) is 17.4. The molecule has 2 N–H and O–H groups in total. The zero-order chi connectivity index (χ0) is 16.2. The second kappa shape index (κ2) is 6.89. The van der Waals surface area contributed by atoms with Crippen LogP contribution in [0.2, 0.25) is 0 Å². The second-order valence-corrected chi connectivity index (χ2v) is 6.96. The van der Waals surface area contributed by atoms with Crippen molar-refractivity contribution in [3.63, 3.8) is 0 Å². The predicted molar refractivity (Wildman–Crippen MR) is 84.5 cm³/mol. The molecule has 0 bridgehead atoms. The molecule has 0 fully saturated rings. The minimum Gasteiger partial charge on any atom is -0.481 e. The van der Waals surface area contributed by atoms with Crippen molar-refractivity contribution in [3.05, 3.63) is 32.8 Å². The van der Waals surface area contributed by atoms with Gasteiger partial charge in [-0.25, -0.2) is 0 Å². The summed E-state index contributed by atoms with van der Waals surface area (Å²) in [6, 6.07) is 4.34. The van der Waals surface area contributed by atoms with Crippen molar-refractivity contribution < 1.29 is 14.8 Å². The van der Waals surface area contributed by atoms with Gasteiger partial charge in [0.25, 0.3) is 5.69 Å². The molecule has 7 heteroatoms. The lowest BCUT2D eigenvalue weighted by molar-refractivity contribution is -0.384. The van der Waals surface area contributed by atoms with Crippen molar-refractivity contribution in [3.8, 4) is 0 Å². The lowest BCUT2D eigenvalue weighted by Gasteiger charge is -2.24. The fourth-order valence-corrected chi connectivity index (χ4v) is 2.49. The van der Waals surface area contributed by atoms with Crippen molar-refractivity contribution in [1.82, 2.24) is 0 Å². The van der Waals surface area contributed by atoms with Crippen LogP contribution in [0.4, 0.5) is 11.4 Å². The number of benzene rings is 1. The number of nitrogens with one attached hydrogen (secondary N) is 1. The monoisotopic (exact) mass is 358 g/mol. The van der Waals surface area contributed by atoms with Crippen LogP contribution in [0.1, 0.15) is 27.2 Å². The van der Waals surface area contributed by atoms with E-state index < -0.39 is 16.8 Å². The summed E-state index contributed by atoms with van der Waals surface area (Å²) in [7, 11) is 0. The molecule has 0 aliphatic heterocycles. The van der Waals surface area contributed by atoms with Crippen molar-refractivity contribution in [2.24, 2.45) is 11.3 Å². The van der Waals surface area contributed by atoms with Crippen LogP contribution in [0.5, 0.6) is 0 Å². The average molecular weight is 359 g/mol. The second-order valence-electron chi connectivity index (χ2n) is 6.10. The van der Waals surface area contributed by atoms with E-state index in [-0.39, 0.29) is 17.6 Å². The minimum absolute atomic E-state index is 0.0168. The number of carboxylic acids is 1. The Balaban J connectivity index is 2.77. The average Bonchev–Trinajstić information content (AvgIpc) is 2.33.